The van der Waals surface area contributed by atoms with Gasteiger partial charge in [-0.05, 0) is 49.0 Å². The highest BCUT2D eigenvalue weighted by atomic mass is 19.4. The molecule has 34 heavy (non-hydrogen) atoms. The van der Waals surface area contributed by atoms with Crippen LogP contribution in [0.5, 0.6) is 0 Å². The van der Waals surface area contributed by atoms with Gasteiger partial charge in [0, 0.05) is 25.4 Å². The number of halogens is 8. The van der Waals surface area contributed by atoms with Gasteiger partial charge in [-0.25, -0.2) is 0 Å². The molecule has 1 aliphatic rings. The monoisotopic (exact) mass is 497 g/mol. The molecule has 1 saturated heterocycles. The topological polar surface area (TPSA) is 40.5 Å². The van der Waals surface area contributed by atoms with E-state index in [1.165, 1.54) is 11.8 Å². The summed E-state index contributed by atoms with van der Waals surface area (Å²) in [4.78, 5) is 12.4. The molecule has 2 rings (SSSR count). The zero-order valence-corrected chi connectivity index (χ0v) is 18.1. The first kappa shape index (κ1) is 27.6. The highest BCUT2D eigenvalue weighted by molar-refractivity contribution is 5.67. The Labute approximate surface area is 191 Å². The molecule has 1 fully saturated rings. The quantitative estimate of drug-likeness (QED) is 0.362. The zero-order valence-electron chi connectivity index (χ0n) is 18.1. The van der Waals surface area contributed by atoms with E-state index in [2.05, 4.69) is 18.4 Å². The van der Waals surface area contributed by atoms with Gasteiger partial charge in [-0.15, -0.1) is 0 Å². The lowest BCUT2D eigenvalue weighted by Gasteiger charge is -2.43. The van der Waals surface area contributed by atoms with E-state index in [1.54, 1.807) is 0 Å². The minimum atomic E-state index is -5.82. The lowest BCUT2D eigenvalue weighted by molar-refractivity contribution is -0.287. The molecule has 0 saturated carbocycles. The molecule has 0 aromatic heterocycles. The van der Waals surface area contributed by atoms with E-state index in [1.807, 2.05) is 0 Å². The maximum absolute atomic E-state index is 14.0. The minimum Gasteiger partial charge on any atom is -0.481 e. The van der Waals surface area contributed by atoms with Gasteiger partial charge in [0.2, 0.25) is 0 Å². The van der Waals surface area contributed by atoms with Gasteiger partial charge in [0.15, 0.2) is 0 Å². The summed E-state index contributed by atoms with van der Waals surface area (Å²) in [6, 6.07) is 1.30. The number of carboxylic acids is 1. The number of nitrogens with zero attached hydrogens (tertiary/aromatic N) is 1. The lowest BCUT2D eigenvalue weighted by atomic mass is 9.83. The van der Waals surface area contributed by atoms with Crippen molar-refractivity contribution in [1.82, 2.24) is 4.90 Å². The van der Waals surface area contributed by atoms with Gasteiger partial charge in [0.1, 0.15) is 0 Å². The number of aliphatic carboxylic acids is 1. The van der Waals surface area contributed by atoms with Crippen LogP contribution in [-0.4, -0.2) is 40.7 Å². The van der Waals surface area contributed by atoms with E-state index in [-0.39, 0.29) is 36.9 Å². The number of alkyl halides is 8. The molecule has 11 heteroatoms. The molecular formula is C23H23F8NO2. The van der Waals surface area contributed by atoms with Crippen molar-refractivity contribution in [3.63, 3.8) is 0 Å². The number of piperidine rings is 1. The Hall–Kier alpha value is -2.61. The first-order valence-corrected chi connectivity index (χ1v) is 10.3. The van der Waals surface area contributed by atoms with Crippen LogP contribution < -0.4 is 0 Å². The van der Waals surface area contributed by atoms with Crippen LogP contribution in [-0.2, 0) is 11.0 Å². The highest BCUT2D eigenvalue weighted by Crippen LogP contribution is 2.43. The smallest absolute Gasteiger partial charge is 0.453 e. The Balaban J connectivity index is 2.49. The van der Waals surface area contributed by atoms with Crippen LogP contribution in [0.4, 0.5) is 35.1 Å². The van der Waals surface area contributed by atoms with Crippen molar-refractivity contribution in [3.8, 4) is 11.8 Å². The standard InChI is InChI=1S/C23H23F8NO2/c1-14(2)3-8-18(13-21(24,25)23(29,30)31)32-10-9-15(12-20(33)34)11-19(32)16-4-6-17(7-5-16)22(26,27)28/h4-7,15,18-19H,1,9-13H2,2H3,(H,33,34)/t15-,18-,19+/m1/s1. The summed E-state index contributed by atoms with van der Waals surface area (Å²) < 4.78 is 106. The molecule has 3 nitrogen and oxygen atoms in total. The fraction of sp³-hybridized carbons (Fsp3) is 0.522. The predicted octanol–water partition coefficient (Wildman–Crippen LogP) is 6.47. The number of carbonyl (C=O) groups is 1. The SMILES string of the molecule is C=C(C)C#C[C@H](CC(F)(F)C(F)(F)F)N1CC[C@@H](CC(=O)O)C[C@H]1c1ccc(C(F)(F)F)cc1. The Morgan fingerprint density at radius 2 is 1.74 bits per heavy atom. The van der Waals surface area contributed by atoms with Crippen molar-refractivity contribution in [3.05, 3.63) is 47.5 Å². The van der Waals surface area contributed by atoms with Gasteiger partial charge in [0.25, 0.3) is 0 Å². The molecule has 1 aliphatic heterocycles. The van der Waals surface area contributed by atoms with Crippen LogP contribution in [0.1, 0.15) is 49.8 Å². The number of benzene rings is 1. The molecule has 1 aromatic carbocycles. The lowest BCUT2D eigenvalue weighted by Crippen LogP contribution is -2.48. The van der Waals surface area contributed by atoms with Gasteiger partial charge >= 0.3 is 24.2 Å². The molecular weight excluding hydrogens is 474 g/mol. The van der Waals surface area contributed by atoms with Crippen LogP contribution >= 0.6 is 0 Å². The number of likely N-dealkylation sites (tertiary alicyclic amines) is 1. The van der Waals surface area contributed by atoms with Gasteiger partial charge in [-0.1, -0.05) is 30.6 Å². The number of rotatable bonds is 6. The second kappa shape index (κ2) is 10.3. The first-order valence-electron chi connectivity index (χ1n) is 10.3. The van der Waals surface area contributed by atoms with Gasteiger partial charge in [-0.3, -0.25) is 9.69 Å². The summed E-state index contributed by atoms with van der Waals surface area (Å²) in [5.41, 5.74) is -0.490. The highest BCUT2D eigenvalue weighted by Gasteiger charge is 2.58. The third kappa shape index (κ3) is 7.19. The molecule has 188 valence electrons. The third-order valence-electron chi connectivity index (χ3n) is 5.56. The number of hydrogen-bond acceptors (Lipinski definition) is 2. The minimum absolute atomic E-state index is 0.0422. The summed E-state index contributed by atoms with van der Waals surface area (Å²) in [6.07, 6.45) is -12.2. The largest absolute Gasteiger partial charge is 0.481 e. The van der Waals surface area contributed by atoms with Crippen LogP contribution in [0.15, 0.2) is 36.4 Å². The van der Waals surface area contributed by atoms with Crippen molar-refractivity contribution < 1.29 is 45.0 Å². The maximum atomic E-state index is 14.0. The van der Waals surface area contributed by atoms with Crippen LogP contribution in [0.25, 0.3) is 0 Å². The zero-order chi connectivity index (χ0) is 25.9. The average Bonchev–Trinajstić information content (AvgIpc) is 2.69. The molecule has 0 bridgehead atoms. The molecule has 3 atom stereocenters. The number of hydrogen-bond donors (Lipinski definition) is 1. The summed E-state index contributed by atoms with van der Waals surface area (Å²) in [5.74, 6) is -1.79. The van der Waals surface area contributed by atoms with E-state index < -0.39 is 54.2 Å². The first-order chi connectivity index (χ1) is 15.5. The molecule has 0 aliphatic carbocycles. The number of carboxylic acid groups (broad SMARTS) is 1. The van der Waals surface area contributed by atoms with E-state index in [0.717, 1.165) is 24.3 Å². The Kier molecular flexibility index (Phi) is 8.40. The fourth-order valence-corrected chi connectivity index (χ4v) is 3.90. The molecule has 0 radical (unpaired) electrons. The van der Waals surface area contributed by atoms with E-state index in [4.69, 9.17) is 5.11 Å². The molecule has 1 N–H and O–H groups in total. The van der Waals surface area contributed by atoms with Crippen molar-refractivity contribution in [2.45, 2.75) is 63.0 Å². The van der Waals surface area contributed by atoms with Crippen LogP contribution in [0.3, 0.4) is 0 Å². The van der Waals surface area contributed by atoms with Crippen molar-refractivity contribution in [2.75, 3.05) is 6.54 Å². The summed E-state index contributed by atoms with van der Waals surface area (Å²) in [7, 11) is 0. The third-order valence-corrected chi connectivity index (χ3v) is 5.56. The molecule has 0 amide bonds. The van der Waals surface area contributed by atoms with Gasteiger partial charge < -0.3 is 5.11 Å². The van der Waals surface area contributed by atoms with Crippen molar-refractivity contribution in [1.29, 1.82) is 0 Å². The summed E-state index contributed by atoms with van der Waals surface area (Å²) in [6.45, 7) is 4.88. The second-order valence-corrected chi connectivity index (χ2v) is 8.33. The fourth-order valence-electron chi connectivity index (χ4n) is 3.90. The normalized spacial score (nSPS) is 20.9. The molecule has 0 unspecified atom stereocenters. The molecule has 1 aromatic rings. The van der Waals surface area contributed by atoms with E-state index in [0.29, 0.717) is 0 Å². The summed E-state index contributed by atoms with van der Waals surface area (Å²) in [5, 5.41) is 9.12. The molecule has 0 spiro atoms. The Morgan fingerprint density at radius 1 is 1.15 bits per heavy atom. The average molecular weight is 497 g/mol. The number of allylic oxidation sites excluding steroid dienone is 1. The van der Waals surface area contributed by atoms with Gasteiger partial charge in [0.05, 0.1) is 11.6 Å². The van der Waals surface area contributed by atoms with E-state index >= 15 is 0 Å². The summed E-state index contributed by atoms with van der Waals surface area (Å²) >= 11 is 0. The Bertz CT molecular complexity index is 941. The van der Waals surface area contributed by atoms with Crippen LogP contribution in [0.2, 0.25) is 0 Å². The van der Waals surface area contributed by atoms with E-state index in [9.17, 15) is 39.9 Å². The molecule has 1 heterocycles. The van der Waals surface area contributed by atoms with Gasteiger partial charge in [-0.2, -0.15) is 35.1 Å². The second-order valence-electron chi connectivity index (χ2n) is 8.33. The van der Waals surface area contributed by atoms with Crippen molar-refractivity contribution in [2.24, 2.45) is 5.92 Å². The predicted molar refractivity (Wildman–Crippen MR) is 108 cm³/mol. The van der Waals surface area contributed by atoms with Crippen LogP contribution in [0, 0.1) is 17.8 Å². The van der Waals surface area contributed by atoms with Crippen molar-refractivity contribution >= 4 is 5.97 Å². The Morgan fingerprint density at radius 3 is 2.21 bits per heavy atom. The maximum Gasteiger partial charge on any atom is 0.453 e.